The highest BCUT2D eigenvalue weighted by molar-refractivity contribution is 7.15. The van der Waals surface area contributed by atoms with Gasteiger partial charge in [0.05, 0.1) is 0 Å². The predicted molar refractivity (Wildman–Crippen MR) is 110 cm³/mol. The SMILES string of the molecule is Cc1ccc2oc(/C=C/C(=O)Nc3ncc(Cc4ccccc4F)s3)cc2c1. The number of nitrogens with zero attached hydrogens (tertiary/aromatic N) is 1. The highest BCUT2D eigenvalue weighted by Crippen LogP contribution is 2.23. The summed E-state index contributed by atoms with van der Waals surface area (Å²) in [5.74, 6) is 0.0593. The van der Waals surface area contributed by atoms with Gasteiger partial charge < -0.3 is 4.42 Å². The molecule has 4 rings (SSSR count). The van der Waals surface area contributed by atoms with E-state index in [1.54, 1.807) is 30.5 Å². The number of nitrogens with one attached hydrogen (secondary N) is 1. The lowest BCUT2D eigenvalue weighted by atomic mass is 10.1. The van der Waals surface area contributed by atoms with E-state index < -0.39 is 0 Å². The zero-order valence-electron chi connectivity index (χ0n) is 15.1. The number of halogens is 1. The van der Waals surface area contributed by atoms with Gasteiger partial charge in [0.1, 0.15) is 17.2 Å². The molecule has 4 aromatic rings. The minimum Gasteiger partial charge on any atom is -0.457 e. The Hall–Kier alpha value is -3.25. The fourth-order valence-electron chi connectivity index (χ4n) is 2.85. The molecule has 2 aromatic carbocycles. The number of hydrogen-bond donors (Lipinski definition) is 1. The van der Waals surface area contributed by atoms with Crippen LogP contribution in [0.25, 0.3) is 17.0 Å². The van der Waals surface area contributed by atoms with Crippen LogP contribution in [0.15, 0.2) is 65.2 Å². The van der Waals surface area contributed by atoms with Gasteiger partial charge in [-0.3, -0.25) is 10.1 Å². The second kappa shape index (κ2) is 7.78. The lowest BCUT2D eigenvalue weighted by Gasteiger charge is -1.99. The summed E-state index contributed by atoms with van der Waals surface area (Å²) in [5.41, 5.74) is 2.53. The standard InChI is InChI=1S/C22H17FN2O2S/c1-14-6-8-20-16(10-14)11-17(27-20)7-9-21(26)25-22-24-13-18(28-22)12-15-4-2-3-5-19(15)23/h2-11,13H,12H2,1H3,(H,24,25,26)/b9-7+. The summed E-state index contributed by atoms with van der Waals surface area (Å²) in [6.07, 6.45) is 5.12. The van der Waals surface area contributed by atoms with Gasteiger partial charge in [-0.05, 0) is 42.8 Å². The van der Waals surface area contributed by atoms with Crippen LogP contribution in [0.4, 0.5) is 9.52 Å². The van der Waals surface area contributed by atoms with Crippen LogP contribution in [0.3, 0.4) is 0 Å². The predicted octanol–water partition coefficient (Wildman–Crippen LogP) is 5.58. The Morgan fingerprint density at radius 1 is 1.25 bits per heavy atom. The minimum atomic E-state index is -0.302. The summed E-state index contributed by atoms with van der Waals surface area (Å²) >= 11 is 1.32. The van der Waals surface area contributed by atoms with Gasteiger partial charge >= 0.3 is 0 Å². The summed E-state index contributed by atoms with van der Waals surface area (Å²) in [6.45, 7) is 2.02. The van der Waals surface area contributed by atoms with E-state index >= 15 is 0 Å². The van der Waals surface area contributed by atoms with Gasteiger partial charge in [-0.25, -0.2) is 9.37 Å². The number of anilines is 1. The first-order chi connectivity index (χ1) is 13.6. The largest absolute Gasteiger partial charge is 0.457 e. The van der Waals surface area contributed by atoms with Gasteiger partial charge in [0.15, 0.2) is 5.13 Å². The monoisotopic (exact) mass is 392 g/mol. The Kier molecular flexibility index (Phi) is 5.04. The van der Waals surface area contributed by atoms with Crippen molar-refractivity contribution in [1.29, 1.82) is 0 Å². The Balaban J connectivity index is 1.40. The molecule has 2 aromatic heterocycles. The van der Waals surface area contributed by atoms with Gasteiger partial charge in [-0.2, -0.15) is 0 Å². The van der Waals surface area contributed by atoms with Crippen LogP contribution in [0.2, 0.25) is 0 Å². The second-order valence-electron chi connectivity index (χ2n) is 6.41. The highest BCUT2D eigenvalue weighted by Gasteiger charge is 2.08. The zero-order chi connectivity index (χ0) is 19.5. The highest BCUT2D eigenvalue weighted by atomic mass is 32.1. The molecule has 0 aliphatic carbocycles. The molecule has 1 amide bonds. The Bertz CT molecular complexity index is 1180. The number of rotatable bonds is 5. The van der Waals surface area contributed by atoms with Crippen molar-refractivity contribution in [2.75, 3.05) is 5.32 Å². The van der Waals surface area contributed by atoms with Gasteiger partial charge in [0.25, 0.3) is 0 Å². The maximum Gasteiger partial charge on any atom is 0.250 e. The van der Waals surface area contributed by atoms with E-state index in [4.69, 9.17) is 4.42 Å². The first-order valence-corrected chi connectivity index (χ1v) is 9.56. The van der Waals surface area contributed by atoms with Crippen molar-refractivity contribution in [1.82, 2.24) is 4.98 Å². The lowest BCUT2D eigenvalue weighted by molar-refractivity contribution is -0.111. The molecular formula is C22H17FN2O2S. The number of benzene rings is 2. The summed E-state index contributed by atoms with van der Waals surface area (Å²) in [6, 6.07) is 14.4. The number of furan rings is 1. The first-order valence-electron chi connectivity index (χ1n) is 8.74. The summed E-state index contributed by atoms with van der Waals surface area (Å²) in [4.78, 5) is 17.2. The fourth-order valence-corrected chi connectivity index (χ4v) is 3.69. The number of fused-ring (bicyclic) bond motifs is 1. The maximum absolute atomic E-state index is 13.7. The summed E-state index contributed by atoms with van der Waals surface area (Å²) < 4.78 is 19.4. The molecule has 0 fully saturated rings. The number of amides is 1. The number of thiazole rings is 1. The molecule has 0 saturated carbocycles. The summed E-state index contributed by atoms with van der Waals surface area (Å²) in [5, 5.41) is 4.19. The van der Waals surface area contributed by atoms with Crippen molar-refractivity contribution < 1.29 is 13.6 Å². The Morgan fingerprint density at radius 3 is 2.96 bits per heavy atom. The molecule has 0 saturated heterocycles. The molecule has 2 heterocycles. The van der Waals surface area contributed by atoms with Crippen LogP contribution < -0.4 is 5.32 Å². The van der Waals surface area contributed by atoms with Gasteiger partial charge in [-0.15, -0.1) is 11.3 Å². The molecule has 140 valence electrons. The topological polar surface area (TPSA) is 55.1 Å². The molecule has 1 N–H and O–H groups in total. The number of carbonyl (C=O) groups excluding carboxylic acids is 1. The van der Waals surface area contributed by atoms with Crippen molar-refractivity contribution in [3.8, 4) is 0 Å². The van der Waals surface area contributed by atoms with Crippen LogP contribution in [-0.4, -0.2) is 10.9 Å². The quantitative estimate of drug-likeness (QED) is 0.451. The van der Waals surface area contributed by atoms with E-state index in [-0.39, 0.29) is 11.7 Å². The maximum atomic E-state index is 13.7. The molecular weight excluding hydrogens is 375 g/mol. The Labute approximate surface area is 165 Å². The molecule has 28 heavy (non-hydrogen) atoms. The number of aryl methyl sites for hydroxylation is 1. The average Bonchev–Trinajstić information content (AvgIpc) is 3.28. The van der Waals surface area contributed by atoms with Crippen molar-refractivity contribution in [3.63, 3.8) is 0 Å². The van der Waals surface area contributed by atoms with E-state index in [2.05, 4.69) is 10.3 Å². The van der Waals surface area contributed by atoms with Crippen molar-refractivity contribution in [3.05, 3.63) is 88.4 Å². The van der Waals surface area contributed by atoms with Crippen LogP contribution in [0.5, 0.6) is 0 Å². The van der Waals surface area contributed by atoms with E-state index in [0.717, 1.165) is 21.4 Å². The van der Waals surface area contributed by atoms with E-state index in [9.17, 15) is 9.18 Å². The third-order valence-corrected chi connectivity index (χ3v) is 5.11. The Morgan fingerprint density at radius 2 is 2.11 bits per heavy atom. The fraction of sp³-hybridized carbons (Fsp3) is 0.0909. The van der Waals surface area contributed by atoms with E-state index in [1.807, 2.05) is 31.2 Å². The van der Waals surface area contributed by atoms with Crippen molar-refractivity contribution in [2.45, 2.75) is 13.3 Å². The zero-order valence-corrected chi connectivity index (χ0v) is 15.9. The molecule has 6 heteroatoms. The molecule has 0 aliphatic heterocycles. The van der Waals surface area contributed by atoms with E-state index in [1.165, 1.54) is 23.5 Å². The van der Waals surface area contributed by atoms with Crippen LogP contribution in [-0.2, 0) is 11.2 Å². The molecule has 0 bridgehead atoms. The lowest BCUT2D eigenvalue weighted by Crippen LogP contribution is -2.06. The van der Waals surface area contributed by atoms with Crippen molar-refractivity contribution >= 4 is 39.4 Å². The van der Waals surface area contributed by atoms with E-state index in [0.29, 0.717) is 22.9 Å². The average molecular weight is 392 g/mol. The van der Waals surface area contributed by atoms with Gasteiger partial charge in [-0.1, -0.05) is 29.8 Å². The third kappa shape index (κ3) is 4.18. The van der Waals surface area contributed by atoms with Crippen molar-refractivity contribution in [2.24, 2.45) is 0 Å². The molecule has 0 atom stereocenters. The number of carbonyl (C=O) groups is 1. The number of hydrogen-bond acceptors (Lipinski definition) is 4. The second-order valence-corrected chi connectivity index (χ2v) is 7.53. The van der Waals surface area contributed by atoms with Gasteiger partial charge in [0, 0.05) is 29.0 Å². The molecule has 0 radical (unpaired) electrons. The third-order valence-electron chi connectivity index (χ3n) is 4.20. The molecule has 0 aliphatic rings. The van der Waals surface area contributed by atoms with Crippen LogP contribution in [0, 0.1) is 12.7 Å². The number of aromatic nitrogens is 1. The summed E-state index contributed by atoms with van der Waals surface area (Å²) in [7, 11) is 0. The molecule has 4 nitrogen and oxygen atoms in total. The van der Waals surface area contributed by atoms with Crippen LogP contribution >= 0.6 is 11.3 Å². The first kappa shape index (κ1) is 18.1. The molecule has 0 spiro atoms. The smallest absolute Gasteiger partial charge is 0.250 e. The minimum absolute atomic E-state index is 0.245. The normalized spacial score (nSPS) is 11.4. The van der Waals surface area contributed by atoms with Crippen LogP contribution in [0.1, 0.15) is 21.8 Å². The molecule has 0 unspecified atom stereocenters. The van der Waals surface area contributed by atoms with Gasteiger partial charge in [0.2, 0.25) is 5.91 Å².